The molecule has 5 rings (SSSR count). The first-order valence-corrected chi connectivity index (χ1v) is 16.7. The highest BCUT2D eigenvalue weighted by molar-refractivity contribution is 6.39. The van der Waals surface area contributed by atoms with Crippen LogP contribution in [0.5, 0.6) is 0 Å². The van der Waals surface area contributed by atoms with Gasteiger partial charge in [0.1, 0.15) is 6.04 Å². The average Bonchev–Trinajstić information content (AvgIpc) is 3.53. The number of fused-ring (bicyclic) bond motifs is 1. The largest absolute Gasteiger partial charge is 0.481 e. The van der Waals surface area contributed by atoms with Crippen molar-refractivity contribution >= 4 is 69.4 Å². The second-order valence-corrected chi connectivity index (χ2v) is 13.2. The number of aromatic nitrogens is 1. The summed E-state index contributed by atoms with van der Waals surface area (Å²) in [6.07, 6.45) is 0.568. The topological polar surface area (TPSA) is 173 Å². The summed E-state index contributed by atoms with van der Waals surface area (Å²) in [4.78, 5) is 75.6. The van der Waals surface area contributed by atoms with E-state index in [2.05, 4.69) is 20.8 Å². The summed E-state index contributed by atoms with van der Waals surface area (Å²) in [6.45, 7) is 2.88. The Morgan fingerprint density at radius 3 is 2.31 bits per heavy atom. The van der Waals surface area contributed by atoms with Gasteiger partial charge in [-0.1, -0.05) is 96.8 Å². The van der Waals surface area contributed by atoms with Crippen molar-refractivity contribution in [1.82, 2.24) is 15.6 Å². The van der Waals surface area contributed by atoms with Gasteiger partial charge in [-0.05, 0) is 35.7 Å². The minimum atomic E-state index is -1.72. The van der Waals surface area contributed by atoms with Crippen molar-refractivity contribution < 1.29 is 38.7 Å². The lowest BCUT2D eigenvalue weighted by Crippen LogP contribution is -2.55. The summed E-state index contributed by atoms with van der Waals surface area (Å²) in [6, 6.07) is 20.1. The van der Waals surface area contributed by atoms with Gasteiger partial charge in [0.2, 0.25) is 5.60 Å². The first kappa shape index (κ1) is 36.9. The SMILES string of the molecule is CC(C)C(NC(=O)c1cnc2ccccc2c1)C1=NOC(Cc2ccccc2)(C(=O)NC(CC(=O)O)C(=O)COC(=O)c2c(Cl)cccc2Cl)C1. The Morgan fingerprint density at radius 2 is 1.63 bits per heavy atom. The molecule has 12 nitrogen and oxygen atoms in total. The van der Waals surface area contributed by atoms with Crippen LogP contribution < -0.4 is 10.6 Å². The van der Waals surface area contributed by atoms with E-state index < -0.39 is 60.2 Å². The van der Waals surface area contributed by atoms with Gasteiger partial charge >= 0.3 is 11.9 Å². The number of Topliss-reactive ketones (excluding diaryl/α,β-unsaturated/α-hetero) is 1. The number of amides is 2. The zero-order valence-corrected chi connectivity index (χ0v) is 29.1. The molecule has 14 heteroatoms. The summed E-state index contributed by atoms with van der Waals surface area (Å²) in [5, 5.41) is 20.2. The fourth-order valence-electron chi connectivity index (χ4n) is 5.66. The Hall–Kier alpha value is -5.33. The minimum Gasteiger partial charge on any atom is -0.481 e. The van der Waals surface area contributed by atoms with E-state index >= 15 is 0 Å². The van der Waals surface area contributed by atoms with Crippen LogP contribution in [0.2, 0.25) is 10.0 Å². The Labute approximate surface area is 303 Å². The van der Waals surface area contributed by atoms with Crippen molar-refractivity contribution in [2.24, 2.45) is 11.1 Å². The number of carboxylic acid groups (broad SMARTS) is 1. The quantitative estimate of drug-likeness (QED) is 0.143. The number of pyridine rings is 1. The number of benzene rings is 3. The number of esters is 1. The van der Waals surface area contributed by atoms with Crippen LogP contribution in [-0.4, -0.2) is 69.6 Å². The molecule has 0 saturated heterocycles. The summed E-state index contributed by atoms with van der Waals surface area (Å²) in [5.74, 6) is -4.70. The molecule has 1 aliphatic heterocycles. The number of aliphatic carboxylic acids is 1. The number of rotatable bonds is 14. The van der Waals surface area contributed by atoms with Crippen LogP contribution in [0.15, 0.2) is 90.2 Å². The number of nitrogens with one attached hydrogen (secondary N) is 2. The molecule has 264 valence electrons. The molecule has 0 fully saturated rings. The molecule has 3 N–H and O–H groups in total. The number of ketones is 1. The molecular weight excluding hydrogens is 699 g/mol. The highest BCUT2D eigenvalue weighted by atomic mass is 35.5. The number of carbonyl (C=O) groups is 5. The number of hydrogen-bond donors (Lipinski definition) is 3. The molecule has 0 bridgehead atoms. The molecule has 3 unspecified atom stereocenters. The smallest absolute Gasteiger partial charge is 0.341 e. The van der Waals surface area contributed by atoms with Gasteiger partial charge in [-0.15, -0.1) is 0 Å². The predicted octanol–water partition coefficient (Wildman–Crippen LogP) is 5.44. The van der Waals surface area contributed by atoms with Crippen molar-refractivity contribution in [3.63, 3.8) is 0 Å². The molecule has 51 heavy (non-hydrogen) atoms. The summed E-state index contributed by atoms with van der Waals surface area (Å²) >= 11 is 12.1. The predicted molar refractivity (Wildman–Crippen MR) is 190 cm³/mol. The number of halogens is 2. The van der Waals surface area contributed by atoms with Crippen molar-refractivity contribution in [1.29, 1.82) is 0 Å². The molecule has 0 saturated carbocycles. The van der Waals surface area contributed by atoms with Crippen LogP contribution in [0, 0.1) is 5.92 Å². The zero-order valence-electron chi connectivity index (χ0n) is 27.6. The molecule has 3 aromatic carbocycles. The Bertz CT molecular complexity index is 1980. The molecule has 1 aromatic heterocycles. The van der Waals surface area contributed by atoms with Gasteiger partial charge in [-0.3, -0.25) is 24.2 Å². The van der Waals surface area contributed by atoms with E-state index in [0.717, 1.165) is 10.9 Å². The molecule has 1 aliphatic rings. The summed E-state index contributed by atoms with van der Waals surface area (Å²) in [5.41, 5.74) is 0.245. The first-order valence-electron chi connectivity index (χ1n) is 16.0. The normalized spacial score (nSPS) is 16.5. The molecule has 0 radical (unpaired) electrons. The van der Waals surface area contributed by atoms with Gasteiger partial charge in [0.15, 0.2) is 12.4 Å². The van der Waals surface area contributed by atoms with Crippen molar-refractivity contribution in [2.45, 2.75) is 50.8 Å². The second kappa shape index (κ2) is 16.1. The van der Waals surface area contributed by atoms with Gasteiger partial charge in [0.25, 0.3) is 11.8 Å². The van der Waals surface area contributed by atoms with Crippen LogP contribution >= 0.6 is 23.2 Å². The van der Waals surface area contributed by atoms with Crippen LogP contribution in [0.3, 0.4) is 0 Å². The molecule has 0 spiro atoms. The highest BCUT2D eigenvalue weighted by Crippen LogP contribution is 2.32. The number of ether oxygens (including phenoxy) is 1. The van der Waals surface area contributed by atoms with Gasteiger partial charge in [-0.25, -0.2) is 4.79 Å². The fourth-order valence-corrected chi connectivity index (χ4v) is 6.21. The van der Waals surface area contributed by atoms with Gasteiger partial charge < -0.3 is 25.3 Å². The lowest BCUT2D eigenvalue weighted by atomic mass is 9.84. The molecule has 0 aliphatic carbocycles. The van der Waals surface area contributed by atoms with E-state index in [4.69, 9.17) is 32.8 Å². The molecule has 3 atom stereocenters. The second-order valence-electron chi connectivity index (χ2n) is 12.4. The van der Waals surface area contributed by atoms with Crippen LogP contribution in [0.1, 0.15) is 53.0 Å². The highest BCUT2D eigenvalue weighted by Gasteiger charge is 2.49. The number of oxime groups is 1. The zero-order chi connectivity index (χ0) is 36.7. The number of nitrogens with zero attached hydrogens (tertiary/aromatic N) is 2. The van der Waals surface area contributed by atoms with Crippen LogP contribution in [0.4, 0.5) is 0 Å². The Kier molecular flexibility index (Phi) is 11.7. The molecule has 2 heterocycles. The first-order chi connectivity index (χ1) is 24.4. The maximum Gasteiger partial charge on any atom is 0.341 e. The minimum absolute atomic E-state index is 0.00259. The van der Waals surface area contributed by atoms with E-state index in [9.17, 15) is 29.1 Å². The van der Waals surface area contributed by atoms with Gasteiger partial charge in [0.05, 0.1) is 44.9 Å². The third-order valence-corrected chi connectivity index (χ3v) is 8.93. The fraction of sp³-hybridized carbons (Fsp3) is 0.270. The van der Waals surface area contributed by atoms with E-state index in [1.54, 1.807) is 36.4 Å². The third-order valence-electron chi connectivity index (χ3n) is 8.30. The standard InChI is InChI=1S/C37H34Cl2N4O8/c1-21(2)33(42-34(47)24-15-23-11-6-7-14-27(23)40-19-24)29-18-37(51-43-29,17-22-9-4-3-5-10-22)36(49)41-28(16-31(45)46)30(44)20-50-35(48)32-25(38)12-8-13-26(32)39/h3-15,19,21,28,33H,16-18,20H2,1-2H3,(H,41,49)(H,42,47)(H,45,46). The number of carbonyl (C=O) groups excluding carboxylic acids is 4. The molecule has 4 aromatic rings. The summed E-state index contributed by atoms with van der Waals surface area (Å²) < 4.78 is 5.11. The molecule has 2 amide bonds. The molecular formula is C37H34Cl2N4O8. The van der Waals surface area contributed by atoms with Gasteiger partial charge in [-0.2, -0.15) is 0 Å². The number of carboxylic acids is 1. The van der Waals surface area contributed by atoms with Crippen molar-refractivity contribution in [2.75, 3.05) is 6.61 Å². The monoisotopic (exact) mass is 732 g/mol. The van der Waals surface area contributed by atoms with Crippen LogP contribution in [-0.2, 0) is 30.4 Å². The maximum absolute atomic E-state index is 14.1. The number of para-hydroxylation sites is 1. The Balaban J connectivity index is 1.35. The lowest BCUT2D eigenvalue weighted by Gasteiger charge is -2.29. The van der Waals surface area contributed by atoms with E-state index in [-0.39, 0.29) is 34.4 Å². The lowest BCUT2D eigenvalue weighted by molar-refractivity contribution is -0.148. The average molecular weight is 734 g/mol. The Morgan fingerprint density at radius 1 is 0.941 bits per heavy atom. The van der Waals surface area contributed by atoms with E-state index in [0.29, 0.717) is 16.8 Å². The summed E-state index contributed by atoms with van der Waals surface area (Å²) in [7, 11) is 0. The van der Waals surface area contributed by atoms with Crippen molar-refractivity contribution in [3.05, 3.63) is 112 Å². The van der Waals surface area contributed by atoms with Crippen molar-refractivity contribution in [3.8, 4) is 0 Å². The third kappa shape index (κ3) is 8.89. The van der Waals surface area contributed by atoms with E-state index in [1.165, 1.54) is 24.4 Å². The number of hydrogen-bond acceptors (Lipinski definition) is 9. The maximum atomic E-state index is 14.1. The van der Waals surface area contributed by atoms with Crippen LogP contribution in [0.25, 0.3) is 10.9 Å². The van der Waals surface area contributed by atoms with E-state index in [1.807, 2.05) is 38.1 Å². The van der Waals surface area contributed by atoms with Gasteiger partial charge in [0, 0.05) is 24.4 Å².